The maximum atomic E-state index is 12.5. The lowest BCUT2D eigenvalue weighted by Gasteiger charge is -2.49. The predicted octanol–water partition coefficient (Wildman–Crippen LogP) is 1.17. The molecule has 1 aromatic carbocycles. The second-order valence-electron chi connectivity index (χ2n) is 6.90. The van der Waals surface area contributed by atoms with Gasteiger partial charge in [-0.15, -0.1) is 0 Å². The number of hydrogen-bond acceptors (Lipinski definition) is 5. The first-order chi connectivity index (χ1) is 10.5. The fourth-order valence-corrected chi connectivity index (χ4v) is 4.91. The van der Waals surface area contributed by atoms with E-state index < -0.39 is 17.1 Å². The monoisotopic (exact) mass is 299 g/mol. The zero-order chi connectivity index (χ0) is 15.3. The highest BCUT2D eigenvalue weighted by atomic mass is 16.5. The minimum Gasteiger partial charge on any atom is -0.504 e. The van der Waals surface area contributed by atoms with Gasteiger partial charge in [0, 0.05) is 36.8 Å². The first kappa shape index (κ1) is 12.5. The van der Waals surface area contributed by atoms with Crippen LogP contribution >= 0.6 is 0 Å². The molecule has 3 aliphatic heterocycles. The average molecular weight is 299 g/mol. The number of Topliss-reactive ketones (excluding diaryl/α,β-unsaturated/α-hetero) is 1. The molecule has 0 amide bonds. The van der Waals surface area contributed by atoms with Gasteiger partial charge in [0.1, 0.15) is 0 Å². The standard InChI is InChI=1S/C17H17NO4/c1-18-7-6-17-13-9-2-3-11(19)14(13)22-15(17)12(20)4-5-16(17,21)8-10(9)18/h2-3,8,15,19,21H,4-7H2,1H3/t15-,16+,17-/m0/s1. The van der Waals surface area contributed by atoms with E-state index in [0.717, 1.165) is 23.4 Å². The highest BCUT2D eigenvalue weighted by molar-refractivity contribution is 5.92. The normalized spacial score (nSPS) is 37.5. The Bertz CT molecular complexity index is 770. The molecule has 3 atom stereocenters. The molecule has 3 heterocycles. The molecule has 2 aliphatic carbocycles. The first-order valence-corrected chi connectivity index (χ1v) is 7.70. The molecule has 0 saturated heterocycles. The van der Waals surface area contributed by atoms with Crippen molar-refractivity contribution >= 4 is 11.5 Å². The Hall–Kier alpha value is -2.01. The molecule has 1 aromatic rings. The van der Waals surface area contributed by atoms with Crippen LogP contribution in [0, 0.1) is 0 Å². The van der Waals surface area contributed by atoms with Crippen LogP contribution in [-0.2, 0) is 10.2 Å². The number of phenols is 1. The van der Waals surface area contributed by atoms with E-state index in [1.54, 1.807) is 6.07 Å². The molecule has 5 heteroatoms. The molecular weight excluding hydrogens is 282 g/mol. The Kier molecular flexibility index (Phi) is 1.98. The molecule has 1 saturated carbocycles. The number of ketones is 1. The number of rotatable bonds is 0. The maximum absolute atomic E-state index is 12.5. The molecule has 114 valence electrons. The van der Waals surface area contributed by atoms with Gasteiger partial charge in [0.15, 0.2) is 23.4 Å². The van der Waals surface area contributed by atoms with Crippen LogP contribution in [0.4, 0.5) is 0 Å². The number of nitrogens with zero attached hydrogens (tertiary/aromatic N) is 1. The van der Waals surface area contributed by atoms with E-state index in [2.05, 4.69) is 4.90 Å². The number of phenolic OH excluding ortho intramolecular Hbond substituents is 1. The zero-order valence-electron chi connectivity index (χ0n) is 12.3. The third kappa shape index (κ3) is 1.09. The fourth-order valence-electron chi connectivity index (χ4n) is 4.91. The molecule has 1 spiro atoms. The van der Waals surface area contributed by atoms with Crippen LogP contribution < -0.4 is 4.74 Å². The lowest BCUT2D eigenvalue weighted by atomic mass is 9.54. The van der Waals surface area contributed by atoms with Crippen LogP contribution in [-0.4, -0.2) is 46.2 Å². The smallest absolute Gasteiger partial charge is 0.174 e. The lowest BCUT2D eigenvalue weighted by molar-refractivity contribution is -0.143. The first-order valence-electron chi connectivity index (χ1n) is 7.70. The summed E-state index contributed by atoms with van der Waals surface area (Å²) < 4.78 is 5.91. The van der Waals surface area contributed by atoms with E-state index in [9.17, 15) is 15.0 Å². The van der Waals surface area contributed by atoms with E-state index >= 15 is 0 Å². The second-order valence-corrected chi connectivity index (χ2v) is 6.90. The molecule has 5 nitrogen and oxygen atoms in total. The molecule has 0 aromatic heterocycles. The van der Waals surface area contributed by atoms with Crippen molar-refractivity contribution in [2.75, 3.05) is 13.6 Å². The van der Waals surface area contributed by atoms with Crippen LogP contribution in [0.5, 0.6) is 11.5 Å². The van der Waals surface area contributed by atoms with E-state index in [1.165, 1.54) is 0 Å². The number of benzene rings is 1. The van der Waals surface area contributed by atoms with Gasteiger partial charge in [0.2, 0.25) is 0 Å². The van der Waals surface area contributed by atoms with Crippen LogP contribution in [0.3, 0.4) is 0 Å². The molecule has 0 radical (unpaired) electrons. The highest BCUT2D eigenvalue weighted by Crippen LogP contribution is 2.64. The van der Waals surface area contributed by atoms with E-state index in [1.807, 2.05) is 19.2 Å². The van der Waals surface area contributed by atoms with Crippen LogP contribution in [0.1, 0.15) is 30.4 Å². The Balaban J connectivity index is 1.94. The summed E-state index contributed by atoms with van der Waals surface area (Å²) in [5.74, 6) is 0.457. The molecule has 6 rings (SSSR count). The molecule has 2 N–H and O–H groups in total. The number of ether oxygens (including phenoxy) is 1. The van der Waals surface area contributed by atoms with Crippen LogP contribution in [0.25, 0.3) is 5.70 Å². The predicted molar refractivity (Wildman–Crippen MR) is 78.6 cm³/mol. The number of carbonyl (C=O) groups excluding carboxylic acids is 1. The van der Waals surface area contributed by atoms with Gasteiger partial charge in [0.25, 0.3) is 0 Å². The molecule has 2 bridgehead atoms. The van der Waals surface area contributed by atoms with Crippen molar-refractivity contribution in [2.45, 2.75) is 36.4 Å². The minimum atomic E-state index is -1.09. The SMILES string of the molecule is CN1CC[C@]23c4c5ccc(O)c4O[C@H]2C(=O)CC[C@@]3(O)C=C51. The van der Waals surface area contributed by atoms with Crippen molar-refractivity contribution in [3.63, 3.8) is 0 Å². The second kappa shape index (κ2) is 3.49. The van der Waals surface area contributed by atoms with Crippen molar-refractivity contribution in [3.8, 4) is 11.5 Å². The van der Waals surface area contributed by atoms with Gasteiger partial charge in [-0.3, -0.25) is 4.79 Å². The van der Waals surface area contributed by atoms with E-state index in [0.29, 0.717) is 25.0 Å². The Labute approximate surface area is 127 Å². The van der Waals surface area contributed by atoms with Gasteiger partial charge in [0.05, 0.1) is 11.0 Å². The minimum absolute atomic E-state index is 0.0210. The lowest BCUT2D eigenvalue weighted by Crippen LogP contribution is -2.63. The Morgan fingerprint density at radius 2 is 2.18 bits per heavy atom. The van der Waals surface area contributed by atoms with Gasteiger partial charge < -0.3 is 19.8 Å². The maximum Gasteiger partial charge on any atom is 0.174 e. The largest absolute Gasteiger partial charge is 0.504 e. The van der Waals surface area contributed by atoms with Crippen molar-refractivity contribution in [2.24, 2.45) is 0 Å². The molecule has 1 fully saturated rings. The zero-order valence-corrected chi connectivity index (χ0v) is 12.3. The van der Waals surface area contributed by atoms with Gasteiger partial charge in [-0.1, -0.05) is 0 Å². The van der Waals surface area contributed by atoms with Crippen molar-refractivity contribution in [1.29, 1.82) is 0 Å². The van der Waals surface area contributed by atoms with Crippen LogP contribution in [0.2, 0.25) is 0 Å². The third-order valence-corrected chi connectivity index (χ3v) is 5.99. The molecule has 22 heavy (non-hydrogen) atoms. The molecule has 5 aliphatic rings. The summed E-state index contributed by atoms with van der Waals surface area (Å²) in [5.41, 5.74) is 0.910. The number of carbonyl (C=O) groups is 1. The third-order valence-electron chi connectivity index (χ3n) is 5.99. The van der Waals surface area contributed by atoms with Crippen molar-refractivity contribution in [3.05, 3.63) is 29.3 Å². The average Bonchev–Trinajstić information content (AvgIpc) is 2.76. The van der Waals surface area contributed by atoms with Gasteiger partial charge in [-0.05, 0) is 31.1 Å². The van der Waals surface area contributed by atoms with Crippen molar-refractivity contribution in [1.82, 2.24) is 4.90 Å². The quantitative estimate of drug-likeness (QED) is 0.753. The number of aromatic hydroxyl groups is 1. The van der Waals surface area contributed by atoms with Gasteiger partial charge in [-0.2, -0.15) is 0 Å². The topological polar surface area (TPSA) is 70.0 Å². The van der Waals surface area contributed by atoms with Gasteiger partial charge in [-0.25, -0.2) is 0 Å². The number of fused-ring (bicyclic) bond motifs is 2. The van der Waals surface area contributed by atoms with E-state index in [4.69, 9.17) is 4.74 Å². The Morgan fingerprint density at radius 1 is 1.36 bits per heavy atom. The number of aliphatic hydroxyl groups is 1. The molecule has 0 unspecified atom stereocenters. The summed E-state index contributed by atoms with van der Waals surface area (Å²) in [6.07, 6.45) is 2.58. The number of hydrogen-bond donors (Lipinski definition) is 2. The summed E-state index contributed by atoms with van der Waals surface area (Å²) in [6.45, 7) is 0.746. The summed E-state index contributed by atoms with van der Waals surface area (Å²) in [5, 5.41) is 21.6. The van der Waals surface area contributed by atoms with Crippen LogP contribution in [0.15, 0.2) is 18.2 Å². The van der Waals surface area contributed by atoms with E-state index in [-0.39, 0.29) is 11.5 Å². The summed E-state index contributed by atoms with van der Waals surface area (Å²) in [7, 11) is 2.00. The summed E-state index contributed by atoms with van der Waals surface area (Å²) >= 11 is 0. The Morgan fingerprint density at radius 3 is 3.00 bits per heavy atom. The molecular formula is C17H17NO4. The summed E-state index contributed by atoms with van der Waals surface area (Å²) in [6, 6.07) is 3.48. The fraction of sp³-hybridized carbons (Fsp3) is 0.471. The summed E-state index contributed by atoms with van der Waals surface area (Å²) in [4.78, 5) is 14.6. The van der Waals surface area contributed by atoms with Crippen molar-refractivity contribution < 1.29 is 19.7 Å². The highest BCUT2D eigenvalue weighted by Gasteiger charge is 2.68. The van der Waals surface area contributed by atoms with Gasteiger partial charge >= 0.3 is 0 Å².